The molecular weight excluding hydrogens is 1360 g/mol. The number of hydrogen-bond acceptors (Lipinski definition) is 18. The average molecular weight is 1440 g/mol. The number of aromatic amines is 3. The number of benzene rings is 6. The molecule has 0 aliphatic carbocycles. The van der Waals surface area contributed by atoms with Crippen LogP contribution in [-0.4, -0.2) is 173 Å². The molecule has 0 radical (unpaired) electrons. The smallest absolute Gasteiger partial charge is 0.248 e. The zero-order valence-corrected chi connectivity index (χ0v) is 60.3. The molecule has 5 saturated heterocycles. The zero-order chi connectivity index (χ0) is 74.3. The second kappa shape index (κ2) is 32.0. The molecule has 5 aliphatic heterocycles. The molecule has 22 heteroatoms. The highest BCUT2D eigenvalue weighted by molar-refractivity contribution is 5.99. The summed E-state index contributed by atoms with van der Waals surface area (Å²) in [5, 5.41) is 61.3. The number of aliphatic hydroxyl groups excluding tert-OH is 2. The Kier molecular flexibility index (Phi) is 21.3. The van der Waals surface area contributed by atoms with Crippen LogP contribution in [0.1, 0.15) is 61.8 Å². The lowest BCUT2D eigenvalue weighted by molar-refractivity contribution is -0.135. The molecule has 0 bridgehead atoms. The van der Waals surface area contributed by atoms with Gasteiger partial charge in [-0.3, -0.25) is 19.7 Å². The van der Waals surface area contributed by atoms with Crippen molar-refractivity contribution in [1.29, 1.82) is 15.8 Å². The number of hydrogen-bond donors (Lipinski definition) is 6. The Morgan fingerprint density at radius 1 is 0.491 bits per heavy atom. The summed E-state index contributed by atoms with van der Waals surface area (Å²) >= 11 is 0. The predicted octanol–water partition coefficient (Wildman–Crippen LogP) is 13.3. The van der Waals surface area contributed by atoms with Crippen molar-refractivity contribution in [1.82, 2.24) is 34.8 Å². The molecule has 546 valence electrons. The third kappa shape index (κ3) is 15.8. The van der Waals surface area contributed by atoms with Crippen molar-refractivity contribution in [3.63, 3.8) is 0 Å². The number of carbonyl (C=O) groups excluding carboxylic acids is 1. The fourth-order valence-corrected chi connectivity index (χ4v) is 14.7. The number of β-amino-alcohol motifs (C(OH)–C–C–N with tert-alkyl or cyclic N) is 1. The van der Waals surface area contributed by atoms with E-state index in [1.165, 1.54) is 11.4 Å². The van der Waals surface area contributed by atoms with Gasteiger partial charge in [0.05, 0.1) is 90.8 Å². The summed E-state index contributed by atoms with van der Waals surface area (Å²) in [4.78, 5) is 44.6. The lowest BCUT2D eigenvalue weighted by atomic mass is 9.97. The van der Waals surface area contributed by atoms with Gasteiger partial charge in [0.15, 0.2) is 0 Å². The predicted molar refractivity (Wildman–Crippen MR) is 416 cm³/mol. The van der Waals surface area contributed by atoms with Crippen molar-refractivity contribution in [2.45, 2.75) is 63.4 Å². The van der Waals surface area contributed by atoms with Crippen LogP contribution in [0.5, 0.6) is 11.5 Å². The number of fused-ring (bicyclic) bond motifs is 3. The number of carbonyl (C=O) groups is 1. The number of amides is 1. The van der Waals surface area contributed by atoms with Crippen molar-refractivity contribution in [3.05, 3.63) is 205 Å². The first kappa shape index (κ1) is 71.7. The van der Waals surface area contributed by atoms with Gasteiger partial charge in [-0.05, 0) is 140 Å². The fourth-order valence-electron chi connectivity index (χ4n) is 14.7. The minimum Gasteiger partial charge on any atom is -0.489 e. The molecule has 11 heterocycles. The molecule has 1 amide bonds. The van der Waals surface area contributed by atoms with Gasteiger partial charge in [0, 0.05) is 180 Å². The van der Waals surface area contributed by atoms with Gasteiger partial charge < -0.3 is 73.6 Å². The number of H-pyrrole nitrogens is 3. The number of pyridine rings is 3. The Morgan fingerprint density at radius 3 is 1.40 bits per heavy atom. The average Bonchev–Trinajstić information content (AvgIpc) is 1.64. The van der Waals surface area contributed by atoms with E-state index >= 15 is 0 Å². The van der Waals surface area contributed by atoms with Crippen LogP contribution in [0.25, 0.3) is 100 Å². The van der Waals surface area contributed by atoms with E-state index in [2.05, 4.69) is 125 Å². The number of aromatic nitrogens is 6. The molecule has 0 saturated carbocycles. The molecule has 108 heavy (non-hydrogen) atoms. The molecule has 12 aromatic rings. The monoisotopic (exact) mass is 1440 g/mol. The number of nitrogens with one attached hydrogen (secondary N) is 3. The molecule has 17 rings (SSSR count). The first-order valence-electron chi connectivity index (χ1n) is 36.7. The highest BCUT2D eigenvalue weighted by Gasteiger charge is 2.29. The van der Waals surface area contributed by atoms with Crippen molar-refractivity contribution in [2.24, 2.45) is 0 Å². The topological polar surface area (TPSA) is 294 Å². The van der Waals surface area contributed by atoms with E-state index in [4.69, 9.17) is 28.8 Å². The molecule has 6 N–H and O–H groups in total. The number of rotatable bonds is 15. The van der Waals surface area contributed by atoms with E-state index in [9.17, 15) is 30.8 Å². The van der Waals surface area contributed by atoms with Crippen molar-refractivity contribution < 1.29 is 43.8 Å². The summed E-state index contributed by atoms with van der Waals surface area (Å²) < 4.78 is 28.6. The molecule has 6 aromatic heterocycles. The number of morpholine rings is 2. The van der Waals surface area contributed by atoms with E-state index < -0.39 is 12.2 Å². The second-order valence-electron chi connectivity index (χ2n) is 28.2. The van der Waals surface area contributed by atoms with Crippen LogP contribution in [0.15, 0.2) is 182 Å². The van der Waals surface area contributed by atoms with Crippen LogP contribution in [0, 0.1) is 34.0 Å². The Hall–Kier alpha value is -11.9. The highest BCUT2D eigenvalue weighted by atomic mass is 16.5. The van der Waals surface area contributed by atoms with E-state index in [0.717, 1.165) is 177 Å². The quantitative estimate of drug-likeness (QED) is 0.0556. The molecule has 5 aliphatic rings. The Bertz CT molecular complexity index is 5340. The van der Waals surface area contributed by atoms with Crippen LogP contribution in [0.4, 0.5) is 17.1 Å². The summed E-state index contributed by atoms with van der Waals surface area (Å²) in [6, 6.07) is 61.2. The Balaban J connectivity index is 0.000000130. The fraction of sp³-hybridized carbons (Fsp3) is 0.291. The maximum absolute atomic E-state index is 11.7. The largest absolute Gasteiger partial charge is 0.489 e. The molecule has 0 spiro atoms. The first-order chi connectivity index (χ1) is 52.7. The molecule has 6 aromatic carbocycles. The van der Waals surface area contributed by atoms with Crippen LogP contribution >= 0.6 is 0 Å². The molecule has 0 unspecified atom stereocenters. The Labute approximate surface area is 625 Å². The molecule has 22 nitrogen and oxygen atoms in total. The standard InChI is InChI=1S/C31H31N5O4.C28H27N3O3.C27H25N5O2/c32-19-23-17-22(3-6-29(23)40-25-8-11-36(12-9-25)30(38)20-37)31-26-18-28(34-27(26)7-10-33-31)21-1-4-24(5-2-21)35-13-15-39-16-14-35;1-28(2,32)21-6-3-18(4-7-21)25-16-23-24(31-25)9-12-30-27(23)19-5-8-26(20(15-19)17-29)34-22-10-13-33-14-11-22;28-15-20-12-19(4-5-26(20)32-16-22(33)17-32)27-23-14-25(30-24(23)6-7-29-27)18-2-1-3-21(13-18)31-8-10-34-11-9-31/h1-7,10,17-18,25,34,37H,8-9,11-16,20H2;3-9,12,15-16,22,31-32H,10-11,13-14H2,1-2H3;1-7,12-14,22,30,33H,8-11,16-17H2. The number of piperidine rings is 1. The van der Waals surface area contributed by atoms with E-state index in [0.29, 0.717) is 80.4 Å². The summed E-state index contributed by atoms with van der Waals surface area (Å²) in [5.74, 6) is 0.868. The van der Waals surface area contributed by atoms with Gasteiger partial charge >= 0.3 is 0 Å². The first-order valence-corrected chi connectivity index (χ1v) is 36.7. The summed E-state index contributed by atoms with van der Waals surface area (Å²) in [6.07, 6.45) is 7.97. The maximum atomic E-state index is 11.7. The zero-order valence-electron chi connectivity index (χ0n) is 60.3. The SMILES string of the molecule is CC(C)(O)c1ccc(-c2cc3c(-c4ccc(OC5CCOCC5)c(C#N)c4)nccc3[nH]2)cc1.N#Cc1cc(-c2nccc3[nH]c(-c4ccc(N5CCOCC5)cc4)cc23)ccc1OC1CCN(C(=O)CO)CC1.N#Cc1cc(-c2nccc3[nH]c(-c4cccc(N5CCOCC5)c4)cc23)ccc1N1CC(O)C1. The minimum absolute atomic E-state index is 0.0725. The third-order valence-electron chi connectivity index (χ3n) is 20.7. The van der Waals surface area contributed by atoms with Gasteiger partial charge in [0.2, 0.25) is 5.91 Å². The van der Waals surface area contributed by atoms with Gasteiger partial charge in [0.25, 0.3) is 0 Å². The van der Waals surface area contributed by atoms with Crippen LogP contribution in [-0.2, 0) is 24.6 Å². The Morgan fingerprint density at radius 2 is 0.926 bits per heavy atom. The summed E-state index contributed by atoms with van der Waals surface area (Å²) in [5.41, 5.74) is 19.0. The minimum atomic E-state index is -0.880. The molecular formula is C86H83N13O9. The van der Waals surface area contributed by atoms with E-state index in [-0.39, 0.29) is 24.2 Å². The maximum Gasteiger partial charge on any atom is 0.248 e. The summed E-state index contributed by atoms with van der Waals surface area (Å²) in [7, 11) is 0. The van der Waals surface area contributed by atoms with Gasteiger partial charge in [-0.25, -0.2) is 0 Å². The number of anilines is 3. The normalized spacial score (nSPS) is 15.8. The number of aliphatic hydroxyl groups is 3. The molecule has 5 fully saturated rings. The number of nitriles is 3. The number of ether oxygens (including phenoxy) is 5. The van der Waals surface area contributed by atoms with E-state index in [1.54, 1.807) is 37.3 Å². The van der Waals surface area contributed by atoms with E-state index in [1.807, 2.05) is 102 Å². The highest BCUT2D eigenvalue weighted by Crippen LogP contribution is 2.39. The third-order valence-corrected chi connectivity index (χ3v) is 20.7. The van der Waals surface area contributed by atoms with Gasteiger partial charge in [-0.15, -0.1) is 0 Å². The van der Waals surface area contributed by atoms with Crippen LogP contribution < -0.4 is 24.2 Å². The van der Waals surface area contributed by atoms with Crippen molar-refractivity contribution in [3.8, 4) is 97.3 Å². The number of likely N-dealkylation sites (tertiary alicyclic amines) is 1. The van der Waals surface area contributed by atoms with Crippen molar-refractivity contribution in [2.75, 3.05) is 113 Å². The lowest BCUT2D eigenvalue weighted by Gasteiger charge is -2.38. The lowest BCUT2D eigenvalue weighted by Crippen LogP contribution is -2.51. The van der Waals surface area contributed by atoms with Crippen LogP contribution in [0.3, 0.4) is 0 Å². The molecule has 0 atom stereocenters. The summed E-state index contributed by atoms with van der Waals surface area (Å²) in [6.45, 7) is 13.3. The second-order valence-corrected chi connectivity index (χ2v) is 28.2. The van der Waals surface area contributed by atoms with Crippen molar-refractivity contribution >= 4 is 55.7 Å². The van der Waals surface area contributed by atoms with Gasteiger partial charge in [-0.1, -0.05) is 54.6 Å². The van der Waals surface area contributed by atoms with Crippen LogP contribution in [0.2, 0.25) is 0 Å². The van der Waals surface area contributed by atoms with Gasteiger partial charge in [0.1, 0.15) is 48.5 Å². The van der Waals surface area contributed by atoms with Gasteiger partial charge in [-0.2, -0.15) is 15.8 Å². The number of nitrogens with zero attached hydrogens (tertiary/aromatic N) is 10.